The number of nitrogens with zero attached hydrogens (tertiary/aromatic N) is 4. The van der Waals surface area contributed by atoms with E-state index >= 15 is 0 Å². The van der Waals surface area contributed by atoms with Crippen LogP contribution in [-0.4, -0.2) is 64.9 Å². The highest BCUT2D eigenvalue weighted by Crippen LogP contribution is 2.20. The molecule has 4 rings (SSSR count). The first kappa shape index (κ1) is 19.9. The van der Waals surface area contributed by atoms with Crippen LogP contribution in [0.2, 0.25) is 0 Å². The molecule has 0 unspecified atom stereocenters. The van der Waals surface area contributed by atoms with E-state index in [0.717, 1.165) is 17.5 Å². The van der Waals surface area contributed by atoms with Crippen molar-refractivity contribution in [3.8, 4) is 5.88 Å². The number of amides is 2. The van der Waals surface area contributed by atoms with Gasteiger partial charge >= 0.3 is 0 Å². The molecule has 1 saturated heterocycles. The summed E-state index contributed by atoms with van der Waals surface area (Å²) in [5.41, 5.74) is 2.22. The molecule has 2 aromatic heterocycles. The Balaban J connectivity index is 1.37. The van der Waals surface area contributed by atoms with Gasteiger partial charge in [-0.2, -0.15) is 0 Å². The smallest absolute Gasteiger partial charge is 0.289 e. The predicted octanol–water partition coefficient (Wildman–Crippen LogP) is 2.54. The molecule has 0 saturated carbocycles. The molecule has 3 aromatic rings. The van der Waals surface area contributed by atoms with Crippen molar-refractivity contribution >= 4 is 22.8 Å². The highest BCUT2D eigenvalue weighted by Gasteiger charge is 2.24. The van der Waals surface area contributed by atoms with E-state index in [1.165, 1.54) is 6.26 Å². The van der Waals surface area contributed by atoms with E-state index in [0.29, 0.717) is 56.4 Å². The van der Waals surface area contributed by atoms with Crippen molar-refractivity contribution in [2.45, 2.75) is 19.3 Å². The van der Waals surface area contributed by atoms with Crippen molar-refractivity contribution in [3.63, 3.8) is 0 Å². The number of aryl methyl sites for hydroxylation is 1. The highest BCUT2D eigenvalue weighted by atomic mass is 16.5. The number of carbonyl (C=O) groups is 2. The zero-order valence-electron chi connectivity index (χ0n) is 16.9. The predicted molar refractivity (Wildman–Crippen MR) is 110 cm³/mol. The van der Waals surface area contributed by atoms with Crippen LogP contribution >= 0.6 is 0 Å². The van der Waals surface area contributed by atoms with Crippen LogP contribution in [0.3, 0.4) is 0 Å². The Bertz CT molecular complexity index is 1030. The molecule has 0 atom stereocenters. The molecule has 8 nitrogen and oxygen atoms in total. The fraction of sp³-hybridized carbons (Fsp3) is 0.364. The van der Waals surface area contributed by atoms with Gasteiger partial charge in [0, 0.05) is 39.0 Å². The van der Waals surface area contributed by atoms with Gasteiger partial charge in [0.1, 0.15) is 5.69 Å². The number of fused-ring (bicyclic) bond motifs is 1. The number of methoxy groups -OCH3 is 1. The molecule has 1 aliphatic heterocycles. The largest absolute Gasteiger partial charge is 0.480 e. The second-order valence-electron chi connectivity index (χ2n) is 7.17. The molecule has 0 N–H and O–H groups in total. The molecule has 0 spiro atoms. The number of furan rings is 1. The van der Waals surface area contributed by atoms with E-state index < -0.39 is 0 Å². The van der Waals surface area contributed by atoms with Crippen LogP contribution in [-0.2, 0) is 11.2 Å². The summed E-state index contributed by atoms with van der Waals surface area (Å²) in [4.78, 5) is 38.0. The van der Waals surface area contributed by atoms with Gasteiger partial charge in [-0.15, -0.1) is 0 Å². The number of benzene rings is 1. The summed E-state index contributed by atoms with van der Waals surface area (Å²) >= 11 is 0. The normalized spacial score (nSPS) is 14.6. The molecule has 8 heteroatoms. The van der Waals surface area contributed by atoms with Gasteiger partial charge in [0.15, 0.2) is 5.76 Å². The maximum absolute atomic E-state index is 12.8. The molecule has 30 heavy (non-hydrogen) atoms. The average molecular weight is 408 g/mol. The first-order valence-corrected chi connectivity index (χ1v) is 10.1. The third kappa shape index (κ3) is 4.27. The molecule has 0 bridgehead atoms. The molecule has 3 heterocycles. The zero-order valence-corrected chi connectivity index (χ0v) is 16.9. The molecule has 1 aliphatic rings. The molecule has 0 radical (unpaired) electrons. The van der Waals surface area contributed by atoms with Crippen LogP contribution in [0, 0.1) is 0 Å². The van der Waals surface area contributed by atoms with E-state index in [4.69, 9.17) is 9.15 Å². The topological polar surface area (TPSA) is 88.8 Å². The van der Waals surface area contributed by atoms with Crippen molar-refractivity contribution in [2.75, 3.05) is 33.3 Å². The van der Waals surface area contributed by atoms with Gasteiger partial charge in [-0.05, 0) is 30.7 Å². The molecule has 1 aromatic carbocycles. The van der Waals surface area contributed by atoms with Gasteiger partial charge in [-0.25, -0.2) is 9.97 Å². The summed E-state index contributed by atoms with van der Waals surface area (Å²) < 4.78 is 10.6. The number of rotatable bonds is 5. The summed E-state index contributed by atoms with van der Waals surface area (Å²) in [6.45, 7) is 2.23. The van der Waals surface area contributed by atoms with E-state index in [2.05, 4.69) is 9.97 Å². The maximum Gasteiger partial charge on any atom is 0.289 e. The van der Waals surface area contributed by atoms with E-state index in [-0.39, 0.29) is 11.8 Å². The van der Waals surface area contributed by atoms with Crippen LogP contribution in [0.25, 0.3) is 11.0 Å². The molecule has 0 aliphatic carbocycles. The Hall–Kier alpha value is -3.42. The van der Waals surface area contributed by atoms with E-state index in [9.17, 15) is 9.59 Å². The Labute approximate surface area is 174 Å². The van der Waals surface area contributed by atoms with Gasteiger partial charge in [0.25, 0.3) is 5.91 Å². The first-order valence-electron chi connectivity index (χ1n) is 10.1. The second kappa shape index (κ2) is 8.94. The van der Waals surface area contributed by atoms with Gasteiger partial charge in [-0.3, -0.25) is 9.59 Å². The van der Waals surface area contributed by atoms with Gasteiger partial charge in [0.2, 0.25) is 11.8 Å². The van der Waals surface area contributed by atoms with Crippen molar-refractivity contribution in [1.29, 1.82) is 0 Å². The van der Waals surface area contributed by atoms with Crippen LogP contribution < -0.4 is 4.74 Å². The van der Waals surface area contributed by atoms with E-state index in [1.807, 2.05) is 29.2 Å². The lowest BCUT2D eigenvalue weighted by Crippen LogP contribution is -2.37. The van der Waals surface area contributed by atoms with Crippen molar-refractivity contribution in [3.05, 3.63) is 54.1 Å². The highest BCUT2D eigenvalue weighted by molar-refractivity contribution is 5.91. The third-order valence-electron chi connectivity index (χ3n) is 5.24. The lowest BCUT2D eigenvalue weighted by Gasteiger charge is -2.21. The molecule has 2 amide bonds. The van der Waals surface area contributed by atoms with Crippen LogP contribution in [0.4, 0.5) is 0 Å². The number of hydrogen-bond acceptors (Lipinski definition) is 6. The standard InChI is InChI=1S/C22H24N4O4/c1-29-21-18(23-16-6-2-3-7-17(16)24-21)9-10-20(27)25-11-5-12-26(14-13-25)22(28)19-8-4-15-30-19/h2-4,6-8,15H,5,9-14H2,1H3. The summed E-state index contributed by atoms with van der Waals surface area (Å²) in [5, 5.41) is 0. The lowest BCUT2D eigenvalue weighted by molar-refractivity contribution is -0.131. The Morgan fingerprint density at radius 3 is 2.47 bits per heavy atom. The van der Waals surface area contributed by atoms with Gasteiger partial charge in [-0.1, -0.05) is 12.1 Å². The number of ether oxygens (including phenoxy) is 1. The zero-order chi connectivity index (χ0) is 20.9. The number of carbonyl (C=O) groups excluding carboxylic acids is 2. The monoisotopic (exact) mass is 408 g/mol. The van der Waals surface area contributed by atoms with Gasteiger partial charge < -0.3 is 19.0 Å². The molecule has 156 valence electrons. The lowest BCUT2D eigenvalue weighted by atomic mass is 10.2. The van der Waals surface area contributed by atoms with Crippen LogP contribution in [0.15, 0.2) is 47.1 Å². The number of hydrogen-bond donors (Lipinski definition) is 0. The number of para-hydroxylation sites is 2. The third-order valence-corrected chi connectivity index (χ3v) is 5.24. The summed E-state index contributed by atoms with van der Waals surface area (Å²) in [6, 6.07) is 10.9. The fourth-order valence-electron chi connectivity index (χ4n) is 3.66. The van der Waals surface area contributed by atoms with Crippen molar-refractivity contribution in [1.82, 2.24) is 19.8 Å². The van der Waals surface area contributed by atoms with E-state index in [1.54, 1.807) is 24.1 Å². The average Bonchev–Trinajstić information content (AvgIpc) is 3.20. The summed E-state index contributed by atoms with van der Waals surface area (Å²) in [7, 11) is 1.56. The van der Waals surface area contributed by atoms with Crippen molar-refractivity contribution in [2.24, 2.45) is 0 Å². The Morgan fingerprint density at radius 1 is 1.00 bits per heavy atom. The minimum atomic E-state index is -0.134. The first-order chi connectivity index (χ1) is 14.7. The van der Waals surface area contributed by atoms with Crippen LogP contribution in [0.1, 0.15) is 29.1 Å². The molecular formula is C22H24N4O4. The molecule has 1 fully saturated rings. The van der Waals surface area contributed by atoms with Gasteiger partial charge in [0.05, 0.1) is 24.4 Å². The summed E-state index contributed by atoms with van der Waals surface area (Å²) in [6.07, 6.45) is 2.99. The Morgan fingerprint density at radius 2 is 1.73 bits per heavy atom. The minimum Gasteiger partial charge on any atom is -0.480 e. The van der Waals surface area contributed by atoms with Crippen molar-refractivity contribution < 1.29 is 18.7 Å². The fourth-order valence-corrected chi connectivity index (χ4v) is 3.66. The SMILES string of the molecule is COc1nc2ccccc2nc1CCC(=O)N1CCCN(C(=O)c2ccco2)CC1. The Kier molecular flexibility index (Phi) is 5.92. The maximum atomic E-state index is 12.8. The van der Waals surface area contributed by atoms with Crippen LogP contribution in [0.5, 0.6) is 5.88 Å². The second-order valence-corrected chi connectivity index (χ2v) is 7.17. The summed E-state index contributed by atoms with van der Waals surface area (Å²) in [5.74, 6) is 0.689. The minimum absolute atomic E-state index is 0.0410. The number of aromatic nitrogens is 2. The molecular weight excluding hydrogens is 384 g/mol. The quantitative estimate of drug-likeness (QED) is 0.645.